The van der Waals surface area contributed by atoms with Crippen LogP contribution in [0.5, 0.6) is 0 Å². The first-order valence-electron chi connectivity index (χ1n) is 8.45. The third-order valence-corrected chi connectivity index (χ3v) is 4.24. The number of rotatable bonds is 8. The molecule has 2 rings (SSSR count). The number of carbonyl (C=O) groups is 2. The van der Waals surface area contributed by atoms with Crippen LogP contribution in [-0.2, 0) is 22.6 Å². The fourth-order valence-electron chi connectivity index (χ4n) is 2.48. The van der Waals surface area contributed by atoms with E-state index in [1.807, 2.05) is 24.3 Å². The highest BCUT2D eigenvalue weighted by molar-refractivity contribution is 6.30. The Balaban J connectivity index is 1.75. The lowest BCUT2D eigenvalue weighted by molar-refractivity contribution is -0.130. The van der Waals surface area contributed by atoms with E-state index in [4.69, 9.17) is 11.6 Å². The van der Waals surface area contributed by atoms with Crippen molar-refractivity contribution in [1.29, 1.82) is 0 Å². The molecule has 2 aromatic carbocycles. The van der Waals surface area contributed by atoms with Gasteiger partial charge in [-0.25, -0.2) is 4.39 Å². The summed E-state index contributed by atoms with van der Waals surface area (Å²) in [5.74, 6) is -0.546. The van der Waals surface area contributed by atoms with Crippen molar-refractivity contribution >= 4 is 23.4 Å². The van der Waals surface area contributed by atoms with E-state index in [9.17, 15) is 14.0 Å². The summed E-state index contributed by atoms with van der Waals surface area (Å²) in [5.41, 5.74) is 1.92. The molecule has 26 heavy (non-hydrogen) atoms. The normalized spacial score (nSPS) is 10.4. The number of hydrogen-bond acceptors (Lipinski definition) is 2. The van der Waals surface area contributed by atoms with Gasteiger partial charge in [-0.15, -0.1) is 0 Å². The predicted molar refractivity (Wildman–Crippen MR) is 100 cm³/mol. The lowest BCUT2D eigenvalue weighted by atomic mass is 10.1. The molecule has 0 bridgehead atoms. The zero-order valence-corrected chi connectivity index (χ0v) is 15.4. The molecule has 2 amide bonds. The van der Waals surface area contributed by atoms with Gasteiger partial charge in [0.25, 0.3) is 0 Å². The summed E-state index contributed by atoms with van der Waals surface area (Å²) in [6, 6.07) is 13.5. The van der Waals surface area contributed by atoms with Crippen LogP contribution >= 0.6 is 11.6 Å². The van der Waals surface area contributed by atoms with Crippen LogP contribution < -0.4 is 5.32 Å². The minimum atomic E-state index is -0.316. The molecule has 0 heterocycles. The fourth-order valence-corrected chi connectivity index (χ4v) is 2.61. The number of hydrogen-bond donors (Lipinski definition) is 1. The predicted octanol–water partition coefficient (Wildman–Crippen LogP) is 3.58. The van der Waals surface area contributed by atoms with Crippen LogP contribution in [0.15, 0.2) is 48.5 Å². The van der Waals surface area contributed by atoms with Crippen molar-refractivity contribution in [2.45, 2.75) is 26.3 Å². The number of benzene rings is 2. The Morgan fingerprint density at radius 1 is 1.04 bits per heavy atom. The summed E-state index contributed by atoms with van der Waals surface area (Å²) in [5, 5.41) is 3.54. The zero-order chi connectivity index (χ0) is 18.9. The van der Waals surface area contributed by atoms with Gasteiger partial charge in [0.15, 0.2) is 0 Å². The second kappa shape index (κ2) is 9.92. The Labute approximate surface area is 158 Å². The third kappa shape index (κ3) is 6.84. The summed E-state index contributed by atoms with van der Waals surface area (Å²) in [4.78, 5) is 25.3. The molecule has 2 aromatic rings. The number of halogens is 2. The lowest BCUT2D eigenvalue weighted by Gasteiger charge is -2.21. The molecular weight excluding hydrogens is 355 g/mol. The first kappa shape index (κ1) is 19.9. The zero-order valence-electron chi connectivity index (χ0n) is 14.7. The Morgan fingerprint density at radius 2 is 1.65 bits per heavy atom. The maximum absolute atomic E-state index is 13.0. The van der Waals surface area contributed by atoms with Crippen molar-refractivity contribution in [3.8, 4) is 0 Å². The molecule has 138 valence electrons. The molecule has 0 atom stereocenters. The topological polar surface area (TPSA) is 49.4 Å². The highest BCUT2D eigenvalue weighted by atomic mass is 35.5. The van der Waals surface area contributed by atoms with Gasteiger partial charge in [-0.2, -0.15) is 0 Å². The molecular formula is C20H22ClFN2O2. The van der Waals surface area contributed by atoms with Crippen molar-refractivity contribution in [2.24, 2.45) is 0 Å². The first-order valence-corrected chi connectivity index (χ1v) is 8.83. The quantitative estimate of drug-likeness (QED) is 0.765. The standard InChI is InChI=1S/C20H22ClFN2O2/c1-15(25)24(14-17-4-8-19(22)9-5-17)13-11-20(26)23-12-10-16-2-6-18(21)7-3-16/h2-9H,10-14H2,1H3,(H,23,26). The molecule has 0 saturated carbocycles. The van der Waals surface area contributed by atoms with Crippen LogP contribution in [0, 0.1) is 5.82 Å². The summed E-state index contributed by atoms with van der Waals surface area (Å²) in [7, 11) is 0. The molecule has 0 unspecified atom stereocenters. The SMILES string of the molecule is CC(=O)N(CCC(=O)NCCc1ccc(Cl)cc1)Cc1ccc(F)cc1. The highest BCUT2D eigenvalue weighted by Crippen LogP contribution is 2.10. The third-order valence-electron chi connectivity index (χ3n) is 3.99. The van der Waals surface area contributed by atoms with E-state index in [1.54, 1.807) is 17.0 Å². The van der Waals surface area contributed by atoms with E-state index in [0.717, 1.165) is 17.5 Å². The molecule has 0 saturated heterocycles. The minimum Gasteiger partial charge on any atom is -0.356 e. The van der Waals surface area contributed by atoms with Gasteiger partial charge in [-0.3, -0.25) is 9.59 Å². The van der Waals surface area contributed by atoms with Gasteiger partial charge in [-0.1, -0.05) is 35.9 Å². The largest absolute Gasteiger partial charge is 0.356 e. The van der Waals surface area contributed by atoms with Crippen molar-refractivity contribution in [3.63, 3.8) is 0 Å². The van der Waals surface area contributed by atoms with E-state index < -0.39 is 0 Å². The number of amides is 2. The van der Waals surface area contributed by atoms with E-state index in [1.165, 1.54) is 19.1 Å². The average Bonchev–Trinajstić information content (AvgIpc) is 2.61. The van der Waals surface area contributed by atoms with Crippen LogP contribution in [-0.4, -0.2) is 29.8 Å². The van der Waals surface area contributed by atoms with Crippen molar-refractivity contribution < 1.29 is 14.0 Å². The van der Waals surface area contributed by atoms with Crippen LogP contribution in [0.3, 0.4) is 0 Å². The molecule has 0 aliphatic heterocycles. The molecule has 0 aliphatic carbocycles. The molecule has 0 fully saturated rings. The van der Waals surface area contributed by atoms with Crippen LogP contribution in [0.25, 0.3) is 0 Å². The van der Waals surface area contributed by atoms with Crippen molar-refractivity contribution in [1.82, 2.24) is 10.2 Å². The molecule has 6 heteroatoms. The van der Waals surface area contributed by atoms with Crippen LogP contribution in [0.4, 0.5) is 4.39 Å². The van der Waals surface area contributed by atoms with Gasteiger partial charge >= 0.3 is 0 Å². The fraction of sp³-hybridized carbons (Fsp3) is 0.300. The number of nitrogens with zero attached hydrogens (tertiary/aromatic N) is 1. The van der Waals surface area contributed by atoms with E-state index >= 15 is 0 Å². The summed E-state index contributed by atoms with van der Waals surface area (Å²) >= 11 is 5.84. The van der Waals surface area contributed by atoms with Gasteiger partial charge in [0.2, 0.25) is 11.8 Å². The van der Waals surface area contributed by atoms with Crippen molar-refractivity contribution in [3.05, 3.63) is 70.5 Å². The van der Waals surface area contributed by atoms with Gasteiger partial charge in [0.1, 0.15) is 5.82 Å². The monoisotopic (exact) mass is 376 g/mol. The summed E-state index contributed by atoms with van der Waals surface area (Å²) in [6.07, 6.45) is 0.941. The molecule has 0 aromatic heterocycles. The summed E-state index contributed by atoms with van der Waals surface area (Å²) in [6.45, 7) is 2.66. The molecule has 4 nitrogen and oxygen atoms in total. The Bertz CT molecular complexity index is 732. The Morgan fingerprint density at radius 3 is 2.27 bits per heavy atom. The summed E-state index contributed by atoms with van der Waals surface area (Å²) < 4.78 is 13.0. The Kier molecular flexibility index (Phi) is 7.60. The molecule has 1 N–H and O–H groups in total. The minimum absolute atomic E-state index is 0.107. The molecule has 0 spiro atoms. The van der Waals surface area contributed by atoms with Crippen molar-refractivity contribution in [2.75, 3.05) is 13.1 Å². The maximum Gasteiger partial charge on any atom is 0.221 e. The number of carbonyl (C=O) groups excluding carboxylic acids is 2. The maximum atomic E-state index is 13.0. The van der Waals surface area contributed by atoms with Crippen LogP contribution in [0.2, 0.25) is 5.02 Å². The smallest absolute Gasteiger partial charge is 0.221 e. The van der Waals surface area contributed by atoms with Gasteiger partial charge in [0.05, 0.1) is 0 Å². The van der Waals surface area contributed by atoms with Gasteiger partial charge < -0.3 is 10.2 Å². The van der Waals surface area contributed by atoms with Gasteiger partial charge in [0, 0.05) is 38.0 Å². The molecule has 0 radical (unpaired) electrons. The highest BCUT2D eigenvalue weighted by Gasteiger charge is 2.12. The van der Waals surface area contributed by atoms with Gasteiger partial charge in [-0.05, 0) is 41.8 Å². The van der Waals surface area contributed by atoms with E-state index in [0.29, 0.717) is 24.7 Å². The first-order chi connectivity index (χ1) is 12.4. The molecule has 0 aliphatic rings. The van der Waals surface area contributed by atoms with E-state index in [2.05, 4.69) is 5.32 Å². The Hall–Kier alpha value is -2.40. The second-order valence-electron chi connectivity index (χ2n) is 6.04. The lowest BCUT2D eigenvalue weighted by Crippen LogP contribution is -2.34. The second-order valence-corrected chi connectivity index (χ2v) is 6.48. The van der Waals surface area contributed by atoms with E-state index in [-0.39, 0.29) is 24.1 Å². The average molecular weight is 377 g/mol. The van der Waals surface area contributed by atoms with Crippen LogP contribution in [0.1, 0.15) is 24.5 Å². The number of nitrogens with one attached hydrogen (secondary N) is 1.